The molecular weight excluding hydrogens is 1720 g/mol. The van der Waals surface area contributed by atoms with Gasteiger partial charge in [0.05, 0.1) is 52.5 Å². The lowest BCUT2D eigenvalue weighted by molar-refractivity contribution is 0.313. The smallest absolute Gasteiger partial charge is 0.155 e. The van der Waals surface area contributed by atoms with E-state index in [9.17, 15) is 46.5 Å². The van der Waals surface area contributed by atoms with Gasteiger partial charge in [0.1, 0.15) is 17.3 Å². The van der Waals surface area contributed by atoms with E-state index in [-0.39, 0.29) is 11.6 Å². The molecule has 0 atom stereocenters. The second kappa shape index (κ2) is 56.7. The summed E-state index contributed by atoms with van der Waals surface area (Å²) < 4.78 is 136. The fraction of sp³-hybridized carbons (Fsp3) is 0.615. The zero-order chi connectivity index (χ0) is 96.1. The number of likely N-dealkylation sites (N-methyl/N-ethyl adjacent to an activating group) is 1. The lowest BCUT2D eigenvalue weighted by atomic mass is 10.0. The molecule has 7 aromatic carbocycles. The van der Waals surface area contributed by atoms with Crippen LogP contribution >= 0.6 is 0 Å². The number of sulfone groups is 5. The average Bonchev–Trinajstić information content (AvgIpc) is 1.03. The van der Waals surface area contributed by atoms with E-state index in [2.05, 4.69) is 156 Å². The molecule has 2 aliphatic heterocycles. The van der Waals surface area contributed by atoms with Crippen LogP contribution in [0, 0.1) is 5.82 Å². The van der Waals surface area contributed by atoms with Crippen LogP contribution in [0.25, 0.3) is 0 Å². The highest BCUT2D eigenvalue weighted by molar-refractivity contribution is 7.93. The van der Waals surface area contributed by atoms with Crippen molar-refractivity contribution in [3.8, 4) is 11.5 Å². The van der Waals surface area contributed by atoms with E-state index in [4.69, 9.17) is 4.74 Å². The van der Waals surface area contributed by atoms with E-state index in [0.717, 1.165) is 210 Å². The lowest BCUT2D eigenvalue weighted by Crippen LogP contribution is -2.44. The number of hydrogen-bond donors (Lipinski definition) is 0. The first kappa shape index (κ1) is 114. The monoisotopic (exact) mass is 1890 g/mol. The molecule has 9 rings (SSSR count). The maximum Gasteiger partial charge on any atom is 0.155 e. The Morgan fingerprint density at radius 3 is 0.800 bits per heavy atom. The van der Waals surface area contributed by atoms with Crippen LogP contribution < -0.4 is 19.4 Å². The van der Waals surface area contributed by atoms with E-state index in [0.29, 0.717) is 29.1 Å². The Hall–Kier alpha value is -6.62. The molecule has 0 radical (unpaired) electrons. The van der Waals surface area contributed by atoms with Crippen molar-refractivity contribution in [3.05, 3.63) is 216 Å². The third-order valence-corrected chi connectivity index (χ3v) is 38.3. The Balaban J connectivity index is 0.000000289. The molecular formula is C109H171FN4O11S5. The molecule has 730 valence electrons. The topological polar surface area (TPSA) is 193 Å². The van der Waals surface area contributed by atoms with Gasteiger partial charge in [-0.3, -0.25) is 0 Å². The molecule has 0 spiro atoms. The molecule has 2 aliphatic rings. The van der Waals surface area contributed by atoms with Gasteiger partial charge < -0.3 is 24.3 Å². The number of halogens is 1. The van der Waals surface area contributed by atoms with Crippen molar-refractivity contribution in [2.45, 2.75) is 353 Å². The summed E-state index contributed by atoms with van der Waals surface area (Å²) in [5.41, 5.74) is 11.8. The van der Waals surface area contributed by atoms with Crippen molar-refractivity contribution in [2.24, 2.45) is 0 Å². The summed E-state index contributed by atoms with van der Waals surface area (Å²) in [4.78, 5) is 9.67. The van der Waals surface area contributed by atoms with Crippen molar-refractivity contribution in [1.82, 2.24) is 4.90 Å². The number of unbranched alkanes of at least 4 members (excludes halogenated alkanes) is 20. The second-order valence-corrected chi connectivity index (χ2v) is 55.5. The summed E-state index contributed by atoms with van der Waals surface area (Å²) in [6, 6.07) is 62.6. The molecule has 0 aliphatic carbocycles. The van der Waals surface area contributed by atoms with Gasteiger partial charge in [0.25, 0.3) is 0 Å². The van der Waals surface area contributed by atoms with Crippen LogP contribution in [0.4, 0.5) is 27.1 Å². The van der Waals surface area contributed by atoms with E-state index in [1.165, 1.54) is 109 Å². The Kier molecular flexibility index (Phi) is 49.6. The SMILES string of the molecule is CC(C)(C)S(=O)(=O)CCCCCCCc1ccc(F)cc1.CC(C)(C)S(=O)(=O)CCCCCCCc1ccc(N2CCCC2)cc1.CC(C)(C)S(=O)(=O)CCCCCCCc1ccc(Oc2ccccc2)cc1.CC(C)N(c1ccccc1)c1ccc(CCCCCCCS(=O)(=O)C(C)(C)C)cc1.CN1CCN(c2ccc(CCCCCCCS(=O)(=O)C(C)(C)C)cc2)CC1. The molecule has 7 aromatic rings. The molecule has 0 aromatic heterocycles. The Labute approximate surface area is 792 Å². The fourth-order valence-corrected chi connectivity index (χ4v) is 21.2. The van der Waals surface area contributed by atoms with Crippen LogP contribution in [-0.4, -0.2) is 152 Å². The minimum Gasteiger partial charge on any atom is -0.457 e. The number of para-hydroxylation sites is 2. The predicted octanol–water partition coefficient (Wildman–Crippen LogP) is 26.8. The second-order valence-electron chi connectivity index (χ2n) is 41.2. The maximum absolute atomic E-state index is 12.7. The van der Waals surface area contributed by atoms with Gasteiger partial charge in [0, 0.05) is 68.1 Å². The molecule has 0 bridgehead atoms. The minimum atomic E-state index is -2.97. The van der Waals surface area contributed by atoms with Crippen LogP contribution in [0.5, 0.6) is 11.5 Å². The van der Waals surface area contributed by atoms with Gasteiger partial charge >= 0.3 is 0 Å². The number of benzene rings is 7. The summed E-state index contributed by atoms with van der Waals surface area (Å²) in [6.45, 7) is 38.0. The van der Waals surface area contributed by atoms with Crippen molar-refractivity contribution < 1.29 is 51.2 Å². The van der Waals surface area contributed by atoms with Gasteiger partial charge in [-0.1, -0.05) is 193 Å². The summed E-state index contributed by atoms with van der Waals surface area (Å²) in [5.74, 6) is 3.06. The normalized spacial score (nSPS) is 13.9. The third kappa shape index (κ3) is 43.8. The van der Waals surface area contributed by atoms with Crippen LogP contribution in [0.2, 0.25) is 0 Å². The molecule has 0 N–H and O–H groups in total. The molecule has 0 amide bonds. The predicted molar refractivity (Wildman–Crippen MR) is 555 cm³/mol. The maximum atomic E-state index is 12.7. The number of aryl methyl sites for hydroxylation is 5. The molecule has 2 fully saturated rings. The summed E-state index contributed by atoms with van der Waals surface area (Å²) in [5, 5.41) is 0. The highest BCUT2D eigenvalue weighted by Crippen LogP contribution is 2.32. The molecule has 0 saturated carbocycles. The summed E-state index contributed by atoms with van der Waals surface area (Å²) in [6.07, 6.45) is 33.8. The molecule has 0 unspecified atom stereocenters. The van der Waals surface area contributed by atoms with Crippen LogP contribution in [-0.2, 0) is 81.3 Å². The van der Waals surface area contributed by atoms with Crippen molar-refractivity contribution in [2.75, 3.05) is 89.8 Å². The highest BCUT2D eigenvalue weighted by atomic mass is 32.2. The zero-order valence-corrected chi connectivity index (χ0v) is 87.6. The van der Waals surface area contributed by atoms with Gasteiger partial charge in [0.2, 0.25) is 0 Å². The minimum absolute atomic E-state index is 0.196. The molecule has 2 saturated heterocycles. The number of rotatable bonds is 47. The number of piperazine rings is 1. The van der Waals surface area contributed by atoms with Gasteiger partial charge in [-0.05, 0) is 347 Å². The van der Waals surface area contributed by atoms with E-state index >= 15 is 0 Å². The number of hydrogen-bond acceptors (Lipinski definition) is 15. The third-order valence-electron chi connectivity index (χ3n) is 24.9. The van der Waals surface area contributed by atoms with Crippen molar-refractivity contribution in [3.63, 3.8) is 0 Å². The quantitative estimate of drug-likeness (QED) is 0.0327. The van der Waals surface area contributed by atoms with Crippen molar-refractivity contribution >= 4 is 71.9 Å². The van der Waals surface area contributed by atoms with Gasteiger partial charge in [-0.2, -0.15) is 0 Å². The molecule has 130 heavy (non-hydrogen) atoms. The summed E-state index contributed by atoms with van der Waals surface area (Å²) in [7, 11) is -12.6. The van der Waals surface area contributed by atoms with Crippen LogP contribution in [0.1, 0.15) is 319 Å². The van der Waals surface area contributed by atoms with Gasteiger partial charge in [-0.25, -0.2) is 46.5 Å². The Bertz CT molecular complexity index is 4840. The average molecular weight is 1890 g/mol. The first-order chi connectivity index (χ1) is 61.1. The molecule has 2 heterocycles. The molecule has 15 nitrogen and oxygen atoms in total. The van der Waals surface area contributed by atoms with Gasteiger partial charge in [0.15, 0.2) is 49.2 Å². The fourth-order valence-electron chi connectivity index (χ4n) is 15.2. The first-order valence-corrected chi connectivity index (χ1v) is 57.3. The van der Waals surface area contributed by atoms with E-state index in [1.807, 2.05) is 54.6 Å². The lowest BCUT2D eigenvalue weighted by Gasteiger charge is -2.34. The standard InChI is InChI=1S/C26H39NO2S.C23H32O3S.C22H38N2O2S.C21H35NO2S.C17H27FO2S/c1-22(2)27(24-15-11-9-12-16-24)25-19-17-23(18-20-25)14-10-7-6-8-13-21-30(28,29)26(3,4)5;1-23(2,3)27(24,25)19-11-6-4-5-8-12-20-15-17-22(18-16-20)26-21-13-9-7-10-14-21;1-22(2,3)27(25,26)19-9-7-5-6-8-10-20-11-13-21(14-12-20)24-17-15-23(4)16-18-24;1-21(2,3)25(23,24)18-10-6-4-5-7-11-19-12-14-20(15-13-19)22-16-8-9-17-22;1-17(2,3)21(19,20)14-8-6-4-5-7-9-15-10-12-16(18)13-11-15/h9,11-12,15-20,22H,6-8,10,13-14,21H2,1-5H3;7,9-10,13-18H,4-6,8,11-12,19H2,1-3H3;11-14H,5-10,15-19H2,1-4H3;12-15H,4-11,16-18H2,1-3H3;10-13H,4-9,14H2,1-3H3. The van der Waals surface area contributed by atoms with Crippen LogP contribution in [0.15, 0.2) is 182 Å². The van der Waals surface area contributed by atoms with Gasteiger partial charge in [-0.15, -0.1) is 0 Å². The Morgan fingerprint density at radius 2 is 0.515 bits per heavy atom. The van der Waals surface area contributed by atoms with Crippen LogP contribution in [0.3, 0.4) is 0 Å². The summed E-state index contributed by atoms with van der Waals surface area (Å²) >= 11 is 0. The number of ether oxygens (including phenoxy) is 1. The number of anilines is 4. The number of nitrogens with zero attached hydrogens (tertiary/aromatic N) is 4. The van der Waals surface area contributed by atoms with E-state index in [1.54, 1.807) is 104 Å². The van der Waals surface area contributed by atoms with E-state index < -0.39 is 72.9 Å². The largest absolute Gasteiger partial charge is 0.457 e. The highest BCUT2D eigenvalue weighted by Gasteiger charge is 2.32. The van der Waals surface area contributed by atoms with Crippen molar-refractivity contribution in [1.29, 1.82) is 0 Å². The first-order valence-electron chi connectivity index (χ1n) is 49.1. The Morgan fingerprint density at radius 1 is 0.285 bits per heavy atom. The molecule has 21 heteroatoms. The zero-order valence-electron chi connectivity index (χ0n) is 83.5.